The van der Waals surface area contributed by atoms with E-state index in [1.807, 2.05) is 43.5 Å². The van der Waals surface area contributed by atoms with E-state index in [1.54, 1.807) is 12.4 Å². The molecule has 2 N–H and O–H groups in total. The van der Waals surface area contributed by atoms with Crippen molar-refractivity contribution in [2.24, 2.45) is 5.73 Å². The average molecular weight is 249 g/mol. The van der Waals surface area contributed by atoms with Gasteiger partial charge in [0.05, 0.1) is 11.7 Å². The Kier molecular flexibility index (Phi) is 2.97. The predicted molar refractivity (Wildman–Crippen MR) is 76.7 cm³/mol. The van der Waals surface area contributed by atoms with Crippen molar-refractivity contribution in [1.29, 1.82) is 0 Å². The molecule has 1 unspecified atom stereocenters. The molecule has 0 saturated heterocycles. The summed E-state index contributed by atoms with van der Waals surface area (Å²) in [6.45, 7) is 2.05. The van der Waals surface area contributed by atoms with Crippen molar-refractivity contribution in [2.75, 3.05) is 0 Å². The molecule has 0 aliphatic heterocycles. The SMILES string of the molecule is Cc1ccnc(C(N)c2cccc3cnccc23)c1. The van der Waals surface area contributed by atoms with Crippen LogP contribution in [0.4, 0.5) is 0 Å². The standard InChI is InChI=1S/C16H15N3/c1-11-5-8-19-15(9-11)16(17)14-4-2-3-12-10-18-7-6-13(12)14/h2-10,16H,17H2,1H3. The van der Waals surface area contributed by atoms with E-state index in [2.05, 4.69) is 16.0 Å². The lowest BCUT2D eigenvalue weighted by atomic mass is 9.97. The van der Waals surface area contributed by atoms with Crippen LogP contribution < -0.4 is 5.73 Å². The fraction of sp³-hybridized carbons (Fsp3) is 0.125. The Bertz CT molecular complexity index is 717. The van der Waals surface area contributed by atoms with E-state index in [4.69, 9.17) is 5.73 Å². The van der Waals surface area contributed by atoms with Crippen molar-refractivity contribution in [2.45, 2.75) is 13.0 Å². The van der Waals surface area contributed by atoms with E-state index in [1.165, 1.54) is 5.56 Å². The Hall–Kier alpha value is -2.26. The van der Waals surface area contributed by atoms with E-state index in [0.717, 1.165) is 22.0 Å². The summed E-state index contributed by atoms with van der Waals surface area (Å²) in [4.78, 5) is 8.53. The predicted octanol–water partition coefficient (Wildman–Crippen LogP) is 2.99. The van der Waals surface area contributed by atoms with Crippen molar-refractivity contribution < 1.29 is 0 Å². The third kappa shape index (κ3) is 2.20. The van der Waals surface area contributed by atoms with E-state index in [0.29, 0.717) is 0 Å². The van der Waals surface area contributed by atoms with Gasteiger partial charge in [0.2, 0.25) is 0 Å². The minimum Gasteiger partial charge on any atom is -0.319 e. The number of aromatic nitrogens is 2. The highest BCUT2D eigenvalue weighted by atomic mass is 14.8. The van der Waals surface area contributed by atoms with Crippen molar-refractivity contribution in [3.05, 3.63) is 71.8 Å². The summed E-state index contributed by atoms with van der Waals surface area (Å²) in [6.07, 6.45) is 5.45. The van der Waals surface area contributed by atoms with E-state index in [-0.39, 0.29) is 6.04 Å². The third-order valence-electron chi connectivity index (χ3n) is 3.30. The fourth-order valence-corrected chi connectivity index (χ4v) is 2.31. The van der Waals surface area contributed by atoms with Gasteiger partial charge < -0.3 is 5.73 Å². The summed E-state index contributed by atoms with van der Waals surface area (Å²) >= 11 is 0. The summed E-state index contributed by atoms with van der Waals surface area (Å²) in [5.74, 6) is 0. The van der Waals surface area contributed by atoms with Crippen LogP contribution in [0, 0.1) is 6.92 Å². The number of pyridine rings is 2. The molecule has 1 aromatic carbocycles. The number of hydrogen-bond acceptors (Lipinski definition) is 3. The van der Waals surface area contributed by atoms with Gasteiger partial charge in [-0.05, 0) is 41.6 Å². The molecular weight excluding hydrogens is 234 g/mol. The Morgan fingerprint density at radius 3 is 2.84 bits per heavy atom. The molecule has 2 aromatic heterocycles. The van der Waals surface area contributed by atoms with E-state index < -0.39 is 0 Å². The van der Waals surface area contributed by atoms with Gasteiger partial charge in [0.15, 0.2) is 0 Å². The average Bonchev–Trinajstić information content (AvgIpc) is 2.46. The van der Waals surface area contributed by atoms with Crippen molar-refractivity contribution >= 4 is 10.8 Å². The van der Waals surface area contributed by atoms with Crippen LogP contribution in [0.5, 0.6) is 0 Å². The molecule has 0 aliphatic carbocycles. The van der Waals surface area contributed by atoms with Gasteiger partial charge in [0.1, 0.15) is 0 Å². The molecular formula is C16H15N3. The molecule has 0 saturated carbocycles. The zero-order valence-electron chi connectivity index (χ0n) is 10.7. The van der Waals surface area contributed by atoms with Crippen molar-refractivity contribution in [3.63, 3.8) is 0 Å². The summed E-state index contributed by atoms with van der Waals surface area (Å²) in [6, 6.07) is 11.9. The largest absolute Gasteiger partial charge is 0.319 e. The number of fused-ring (bicyclic) bond motifs is 1. The highest BCUT2D eigenvalue weighted by Gasteiger charge is 2.13. The number of nitrogens with two attached hydrogens (primary N) is 1. The molecule has 3 rings (SSSR count). The lowest BCUT2D eigenvalue weighted by molar-refractivity contribution is 0.834. The maximum absolute atomic E-state index is 6.37. The van der Waals surface area contributed by atoms with Crippen LogP contribution in [-0.2, 0) is 0 Å². The Morgan fingerprint density at radius 1 is 1.11 bits per heavy atom. The van der Waals surface area contributed by atoms with Crippen molar-refractivity contribution in [3.8, 4) is 0 Å². The second kappa shape index (κ2) is 4.78. The minimum absolute atomic E-state index is 0.217. The fourth-order valence-electron chi connectivity index (χ4n) is 2.31. The number of aryl methyl sites for hydroxylation is 1. The van der Waals surface area contributed by atoms with Crippen LogP contribution in [-0.4, -0.2) is 9.97 Å². The van der Waals surface area contributed by atoms with Crippen LogP contribution in [0.3, 0.4) is 0 Å². The molecule has 0 radical (unpaired) electrons. The normalized spacial score (nSPS) is 12.5. The molecule has 3 aromatic rings. The Morgan fingerprint density at radius 2 is 2.00 bits per heavy atom. The summed E-state index contributed by atoms with van der Waals surface area (Å²) < 4.78 is 0. The minimum atomic E-state index is -0.217. The summed E-state index contributed by atoms with van der Waals surface area (Å²) in [5, 5.41) is 2.23. The molecule has 94 valence electrons. The summed E-state index contributed by atoms with van der Waals surface area (Å²) in [5.41, 5.74) is 9.51. The first-order valence-electron chi connectivity index (χ1n) is 6.26. The van der Waals surface area contributed by atoms with Gasteiger partial charge in [-0.2, -0.15) is 0 Å². The second-order valence-electron chi connectivity index (χ2n) is 4.68. The summed E-state index contributed by atoms with van der Waals surface area (Å²) in [7, 11) is 0. The Labute approximate surface area is 112 Å². The van der Waals surface area contributed by atoms with Gasteiger partial charge in [0.25, 0.3) is 0 Å². The van der Waals surface area contributed by atoms with E-state index >= 15 is 0 Å². The van der Waals surface area contributed by atoms with Crippen LogP contribution >= 0.6 is 0 Å². The molecule has 0 amide bonds. The number of nitrogens with zero attached hydrogens (tertiary/aromatic N) is 2. The van der Waals surface area contributed by atoms with Crippen LogP contribution in [0.15, 0.2) is 55.0 Å². The lowest BCUT2D eigenvalue weighted by Gasteiger charge is -2.14. The number of rotatable bonds is 2. The van der Waals surface area contributed by atoms with Crippen LogP contribution in [0.1, 0.15) is 22.9 Å². The maximum atomic E-state index is 6.37. The first-order chi connectivity index (χ1) is 9.25. The first kappa shape index (κ1) is 11.8. The molecule has 3 heteroatoms. The molecule has 19 heavy (non-hydrogen) atoms. The third-order valence-corrected chi connectivity index (χ3v) is 3.30. The maximum Gasteiger partial charge on any atom is 0.0732 e. The molecule has 1 atom stereocenters. The zero-order chi connectivity index (χ0) is 13.2. The van der Waals surface area contributed by atoms with Gasteiger partial charge in [-0.3, -0.25) is 9.97 Å². The molecule has 2 heterocycles. The molecule has 0 fully saturated rings. The van der Waals surface area contributed by atoms with E-state index in [9.17, 15) is 0 Å². The van der Waals surface area contributed by atoms with Gasteiger partial charge in [-0.15, -0.1) is 0 Å². The molecule has 0 bridgehead atoms. The molecule has 0 aliphatic rings. The smallest absolute Gasteiger partial charge is 0.0732 e. The van der Waals surface area contributed by atoms with Gasteiger partial charge in [-0.1, -0.05) is 18.2 Å². The second-order valence-corrected chi connectivity index (χ2v) is 4.68. The topological polar surface area (TPSA) is 51.8 Å². The van der Waals surface area contributed by atoms with Crippen LogP contribution in [0.2, 0.25) is 0 Å². The lowest BCUT2D eigenvalue weighted by Crippen LogP contribution is -2.14. The Balaban J connectivity index is 2.14. The highest BCUT2D eigenvalue weighted by Crippen LogP contribution is 2.26. The molecule has 3 nitrogen and oxygen atoms in total. The number of benzene rings is 1. The highest BCUT2D eigenvalue weighted by molar-refractivity contribution is 5.85. The van der Waals surface area contributed by atoms with Gasteiger partial charge >= 0.3 is 0 Å². The first-order valence-corrected chi connectivity index (χ1v) is 6.26. The van der Waals surface area contributed by atoms with Gasteiger partial charge in [-0.25, -0.2) is 0 Å². The number of hydrogen-bond donors (Lipinski definition) is 1. The molecule has 0 spiro atoms. The zero-order valence-corrected chi connectivity index (χ0v) is 10.7. The van der Waals surface area contributed by atoms with Crippen LogP contribution in [0.25, 0.3) is 10.8 Å². The quantitative estimate of drug-likeness (QED) is 0.759. The monoisotopic (exact) mass is 249 g/mol. The van der Waals surface area contributed by atoms with Crippen molar-refractivity contribution in [1.82, 2.24) is 9.97 Å². The van der Waals surface area contributed by atoms with Gasteiger partial charge in [0, 0.05) is 24.0 Å².